The van der Waals surface area contributed by atoms with Crippen molar-refractivity contribution >= 4 is 17.5 Å². The van der Waals surface area contributed by atoms with Crippen molar-refractivity contribution in [2.75, 3.05) is 33.3 Å². The molecule has 138 valence electrons. The summed E-state index contributed by atoms with van der Waals surface area (Å²) in [5.74, 6) is -0.835. The van der Waals surface area contributed by atoms with Gasteiger partial charge in [0, 0.05) is 32.7 Å². The molecule has 0 N–H and O–H groups in total. The molecule has 1 fully saturated rings. The van der Waals surface area contributed by atoms with Gasteiger partial charge in [0.1, 0.15) is 5.82 Å². The topological polar surface area (TPSA) is 32.8 Å². The van der Waals surface area contributed by atoms with E-state index in [2.05, 4.69) is 4.90 Å². The summed E-state index contributed by atoms with van der Waals surface area (Å²) in [7, 11) is 1.43. The molecule has 3 rings (SSSR count). The van der Waals surface area contributed by atoms with Gasteiger partial charge in [-0.3, -0.25) is 9.69 Å². The molecule has 26 heavy (non-hydrogen) atoms. The Morgan fingerprint density at radius 2 is 1.85 bits per heavy atom. The molecule has 0 radical (unpaired) electrons. The number of benzene rings is 2. The van der Waals surface area contributed by atoms with Crippen molar-refractivity contribution in [1.29, 1.82) is 0 Å². The van der Waals surface area contributed by atoms with Crippen molar-refractivity contribution < 1.29 is 18.3 Å². The second kappa shape index (κ2) is 8.01. The number of carbonyl (C=O) groups is 1. The molecule has 0 unspecified atom stereocenters. The number of amides is 1. The summed E-state index contributed by atoms with van der Waals surface area (Å²) in [6, 6.07) is 8.69. The molecule has 0 saturated carbocycles. The average Bonchev–Trinajstić information content (AvgIpc) is 2.62. The summed E-state index contributed by atoms with van der Waals surface area (Å²) >= 11 is 5.98. The summed E-state index contributed by atoms with van der Waals surface area (Å²) in [6.07, 6.45) is 0. The highest BCUT2D eigenvalue weighted by Gasteiger charge is 2.24. The number of rotatable bonds is 4. The van der Waals surface area contributed by atoms with Crippen LogP contribution in [0.4, 0.5) is 8.78 Å². The van der Waals surface area contributed by atoms with Crippen molar-refractivity contribution in [1.82, 2.24) is 9.80 Å². The Morgan fingerprint density at radius 3 is 2.46 bits per heavy atom. The molecule has 0 spiro atoms. The number of nitrogens with zero attached hydrogens (tertiary/aromatic N) is 2. The maximum Gasteiger partial charge on any atom is 0.255 e. The first kappa shape index (κ1) is 18.6. The van der Waals surface area contributed by atoms with Gasteiger partial charge in [-0.25, -0.2) is 8.78 Å². The Bertz CT molecular complexity index is 808. The van der Waals surface area contributed by atoms with Gasteiger partial charge in [0.15, 0.2) is 11.6 Å². The third kappa shape index (κ3) is 4.14. The first-order chi connectivity index (χ1) is 12.5. The Kier molecular flexibility index (Phi) is 5.74. The molecule has 1 saturated heterocycles. The fourth-order valence-electron chi connectivity index (χ4n) is 3.01. The van der Waals surface area contributed by atoms with Gasteiger partial charge in [-0.2, -0.15) is 0 Å². The second-order valence-electron chi connectivity index (χ2n) is 6.16. The first-order valence-electron chi connectivity index (χ1n) is 8.27. The number of ether oxygens (including phenoxy) is 1. The van der Waals surface area contributed by atoms with E-state index in [1.54, 1.807) is 11.0 Å². The van der Waals surface area contributed by atoms with Gasteiger partial charge in [-0.05, 0) is 35.9 Å². The van der Waals surface area contributed by atoms with Crippen molar-refractivity contribution in [2.24, 2.45) is 0 Å². The van der Waals surface area contributed by atoms with E-state index in [1.807, 2.05) is 6.07 Å². The van der Waals surface area contributed by atoms with Crippen LogP contribution in [0.3, 0.4) is 0 Å². The van der Waals surface area contributed by atoms with E-state index >= 15 is 0 Å². The Balaban J connectivity index is 1.58. The maximum atomic E-state index is 13.8. The van der Waals surface area contributed by atoms with Crippen LogP contribution in [-0.2, 0) is 6.54 Å². The number of methoxy groups -OCH3 is 1. The lowest BCUT2D eigenvalue weighted by Gasteiger charge is -2.35. The minimum absolute atomic E-state index is 0.117. The van der Waals surface area contributed by atoms with Crippen LogP contribution in [0.1, 0.15) is 15.9 Å². The van der Waals surface area contributed by atoms with E-state index in [9.17, 15) is 13.6 Å². The fraction of sp³-hybridized carbons (Fsp3) is 0.316. The Hall–Kier alpha value is -2.18. The van der Waals surface area contributed by atoms with E-state index in [0.29, 0.717) is 38.3 Å². The zero-order chi connectivity index (χ0) is 18.7. The molecule has 1 amide bonds. The van der Waals surface area contributed by atoms with Crippen molar-refractivity contribution in [2.45, 2.75) is 6.54 Å². The number of hydrogen-bond acceptors (Lipinski definition) is 3. The molecule has 4 nitrogen and oxygen atoms in total. The predicted molar refractivity (Wildman–Crippen MR) is 95.5 cm³/mol. The highest BCUT2D eigenvalue weighted by atomic mass is 35.5. The smallest absolute Gasteiger partial charge is 0.255 e. The minimum Gasteiger partial charge on any atom is -0.494 e. The summed E-state index contributed by atoms with van der Waals surface area (Å²) in [5, 5.41) is 0.117. The van der Waals surface area contributed by atoms with Crippen LogP contribution in [0.15, 0.2) is 36.4 Å². The monoisotopic (exact) mass is 380 g/mol. The SMILES string of the molecule is COc1ccc(CN2CCN(C(=O)c3ccc(F)cc3Cl)CC2)cc1F. The lowest BCUT2D eigenvalue weighted by atomic mass is 10.1. The highest BCUT2D eigenvalue weighted by Crippen LogP contribution is 2.21. The highest BCUT2D eigenvalue weighted by molar-refractivity contribution is 6.33. The Labute approximate surface area is 155 Å². The van der Waals surface area contributed by atoms with Crippen LogP contribution in [0.5, 0.6) is 5.75 Å². The van der Waals surface area contributed by atoms with Crippen molar-refractivity contribution in [3.8, 4) is 5.75 Å². The Morgan fingerprint density at radius 1 is 1.12 bits per heavy atom. The first-order valence-corrected chi connectivity index (χ1v) is 8.65. The summed E-state index contributed by atoms with van der Waals surface area (Å²) < 4.78 is 31.9. The van der Waals surface area contributed by atoms with E-state index in [1.165, 1.54) is 25.3 Å². The van der Waals surface area contributed by atoms with Gasteiger partial charge >= 0.3 is 0 Å². The molecule has 0 bridgehead atoms. The van der Waals surface area contributed by atoms with E-state index in [0.717, 1.165) is 11.6 Å². The third-order valence-corrected chi connectivity index (χ3v) is 4.76. The molecule has 1 aliphatic rings. The standard InChI is InChI=1S/C19H19ClF2N2O2/c1-26-18-5-2-13(10-17(18)22)12-23-6-8-24(9-7-23)19(25)15-4-3-14(21)11-16(15)20/h2-5,10-11H,6-9,12H2,1H3. The minimum atomic E-state index is -0.469. The van der Waals surface area contributed by atoms with Gasteiger partial charge < -0.3 is 9.64 Å². The number of carbonyl (C=O) groups excluding carboxylic acids is 1. The van der Waals surface area contributed by atoms with Crippen LogP contribution in [0.2, 0.25) is 5.02 Å². The number of hydrogen-bond donors (Lipinski definition) is 0. The molecule has 0 aromatic heterocycles. The lowest BCUT2D eigenvalue weighted by Crippen LogP contribution is -2.48. The van der Waals surface area contributed by atoms with Crippen LogP contribution >= 0.6 is 11.6 Å². The van der Waals surface area contributed by atoms with E-state index in [-0.39, 0.29) is 22.5 Å². The second-order valence-corrected chi connectivity index (χ2v) is 6.57. The summed E-state index contributed by atoms with van der Waals surface area (Å²) in [4.78, 5) is 16.4. The third-order valence-electron chi connectivity index (χ3n) is 4.44. The number of halogens is 3. The number of piperazine rings is 1. The normalized spacial score (nSPS) is 15.2. The quantitative estimate of drug-likeness (QED) is 0.812. The fourth-order valence-corrected chi connectivity index (χ4v) is 3.26. The summed E-state index contributed by atoms with van der Waals surface area (Å²) in [5.41, 5.74) is 1.16. The molecular weight excluding hydrogens is 362 g/mol. The van der Waals surface area contributed by atoms with E-state index in [4.69, 9.17) is 16.3 Å². The van der Waals surface area contributed by atoms with Crippen LogP contribution in [0.25, 0.3) is 0 Å². The van der Waals surface area contributed by atoms with Gasteiger partial charge in [0.05, 0.1) is 17.7 Å². The van der Waals surface area contributed by atoms with Crippen LogP contribution in [0, 0.1) is 11.6 Å². The molecule has 1 heterocycles. The van der Waals surface area contributed by atoms with Crippen LogP contribution < -0.4 is 4.74 Å². The van der Waals surface area contributed by atoms with Crippen molar-refractivity contribution in [3.63, 3.8) is 0 Å². The molecule has 0 atom stereocenters. The maximum absolute atomic E-state index is 13.8. The summed E-state index contributed by atoms with van der Waals surface area (Å²) in [6.45, 7) is 2.99. The molecule has 2 aromatic carbocycles. The van der Waals surface area contributed by atoms with Gasteiger partial charge in [0.2, 0.25) is 0 Å². The molecule has 2 aromatic rings. The molecule has 1 aliphatic heterocycles. The van der Waals surface area contributed by atoms with E-state index < -0.39 is 5.82 Å². The molecular formula is C19H19ClF2N2O2. The van der Waals surface area contributed by atoms with Gasteiger partial charge in [-0.15, -0.1) is 0 Å². The zero-order valence-electron chi connectivity index (χ0n) is 14.3. The molecule has 7 heteroatoms. The average molecular weight is 381 g/mol. The van der Waals surface area contributed by atoms with Crippen molar-refractivity contribution in [3.05, 3.63) is 64.2 Å². The molecule has 0 aliphatic carbocycles. The predicted octanol–water partition coefficient (Wildman–Crippen LogP) is 3.58. The van der Waals surface area contributed by atoms with Gasteiger partial charge in [-0.1, -0.05) is 17.7 Å². The lowest BCUT2D eigenvalue weighted by molar-refractivity contribution is 0.0628. The zero-order valence-corrected chi connectivity index (χ0v) is 15.1. The largest absolute Gasteiger partial charge is 0.494 e. The van der Waals surface area contributed by atoms with Gasteiger partial charge in [0.25, 0.3) is 5.91 Å². The van der Waals surface area contributed by atoms with Crippen LogP contribution in [-0.4, -0.2) is 49.0 Å².